The molecule has 144 valence electrons. The van der Waals surface area contributed by atoms with Crippen LogP contribution in [0.3, 0.4) is 0 Å². The van der Waals surface area contributed by atoms with E-state index >= 15 is 0 Å². The van der Waals surface area contributed by atoms with Gasteiger partial charge in [-0.25, -0.2) is 8.42 Å². The molecule has 1 heterocycles. The number of anilines is 1. The highest BCUT2D eigenvalue weighted by Gasteiger charge is 2.25. The summed E-state index contributed by atoms with van der Waals surface area (Å²) in [5, 5.41) is 2.75. The van der Waals surface area contributed by atoms with Crippen LogP contribution < -0.4 is 10.1 Å². The maximum atomic E-state index is 12.7. The van der Waals surface area contributed by atoms with Gasteiger partial charge < -0.3 is 10.1 Å². The Morgan fingerprint density at radius 1 is 1.00 bits per heavy atom. The fourth-order valence-electron chi connectivity index (χ4n) is 2.97. The second-order valence-electron chi connectivity index (χ2n) is 6.55. The van der Waals surface area contributed by atoms with Crippen LogP contribution in [0, 0.1) is 0 Å². The minimum absolute atomic E-state index is 0.246. The molecular weight excluding hydrogens is 364 g/mol. The van der Waals surface area contributed by atoms with Crippen molar-refractivity contribution in [2.45, 2.75) is 37.2 Å². The molecule has 2 aromatic carbocycles. The van der Waals surface area contributed by atoms with Crippen LogP contribution in [0.25, 0.3) is 0 Å². The minimum atomic E-state index is -3.47. The first-order valence-corrected chi connectivity index (χ1v) is 10.5. The lowest BCUT2D eigenvalue weighted by molar-refractivity contribution is -0.122. The summed E-state index contributed by atoms with van der Waals surface area (Å²) in [5.41, 5.74) is 0.529. The van der Waals surface area contributed by atoms with Crippen LogP contribution in [0.2, 0.25) is 0 Å². The van der Waals surface area contributed by atoms with Crippen molar-refractivity contribution in [2.75, 3.05) is 18.4 Å². The standard InChI is InChI=1S/C20H24N2O4S/c1-16(26-18-8-4-2-5-9-18)20(23)21-17-10-12-19(13-11-17)27(24,25)22-14-6-3-7-15-22/h2,4-5,8-13,16H,3,6-7,14-15H2,1H3,(H,21,23)/t16-/m1/s1. The van der Waals surface area contributed by atoms with Crippen molar-refractivity contribution in [2.24, 2.45) is 0 Å². The van der Waals surface area contributed by atoms with Gasteiger partial charge in [-0.3, -0.25) is 4.79 Å². The van der Waals surface area contributed by atoms with Gasteiger partial charge >= 0.3 is 0 Å². The van der Waals surface area contributed by atoms with Crippen molar-refractivity contribution in [3.63, 3.8) is 0 Å². The number of hydrogen-bond donors (Lipinski definition) is 1. The maximum absolute atomic E-state index is 12.7. The Hall–Kier alpha value is -2.38. The van der Waals surface area contributed by atoms with Gasteiger partial charge in [-0.15, -0.1) is 0 Å². The van der Waals surface area contributed by atoms with E-state index in [1.54, 1.807) is 31.2 Å². The van der Waals surface area contributed by atoms with Gasteiger partial charge in [-0.1, -0.05) is 24.6 Å². The summed E-state index contributed by atoms with van der Waals surface area (Å²) in [6, 6.07) is 15.4. The first-order chi connectivity index (χ1) is 13.0. The second-order valence-corrected chi connectivity index (χ2v) is 8.49. The van der Waals surface area contributed by atoms with Gasteiger partial charge in [0.15, 0.2) is 6.10 Å². The summed E-state index contributed by atoms with van der Waals surface area (Å²) < 4.78 is 32.4. The van der Waals surface area contributed by atoms with Crippen molar-refractivity contribution in [3.05, 3.63) is 54.6 Å². The summed E-state index contributed by atoms with van der Waals surface area (Å²) >= 11 is 0. The van der Waals surface area contributed by atoms with Crippen molar-refractivity contribution < 1.29 is 17.9 Å². The van der Waals surface area contributed by atoms with Crippen LogP contribution in [0.15, 0.2) is 59.5 Å². The summed E-state index contributed by atoms with van der Waals surface area (Å²) in [5.74, 6) is 0.314. The van der Waals surface area contributed by atoms with Gasteiger partial charge in [0.05, 0.1) is 4.90 Å². The van der Waals surface area contributed by atoms with Crippen molar-refractivity contribution in [1.82, 2.24) is 4.31 Å². The Morgan fingerprint density at radius 3 is 2.26 bits per heavy atom. The van der Waals surface area contributed by atoms with E-state index in [0.717, 1.165) is 19.3 Å². The smallest absolute Gasteiger partial charge is 0.265 e. The lowest BCUT2D eigenvalue weighted by Gasteiger charge is -2.25. The molecule has 0 aliphatic carbocycles. The molecule has 1 saturated heterocycles. The number of amides is 1. The maximum Gasteiger partial charge on any atom is 0.265 e. The normalized spacial score (nSPS) is 16.5. The molecule has 1 atom stereocenters. The van der Waals surface area contributed by atoms with Gasteiger partial charge in [0.2, 0.25) is 10.0 Å². The van der Waals surface area contributed by atoms with Crippen molar-refractivity contribution >= 4 is 21.6 Å². The Labute approximate surface area is 160 Å². The van der Waals surface area contributed by atoms with Crippen LogP contribution in [0.5, 0.6) is 5.75 Å². The third-order valence-electron chi connectivity index (χ3n) is 4.50. The lowest BCUT2D eigenvalue weighted by atomic mass is 10.2. The third kappa shape index (κ3) is 4.87. The molecular formula is C20H24N2O4S. The molecule has 0 aromatic heterocycles. The fraction of sp³-hybridized carbons (Fsp3) is 0.350. The number of nitrogens with one attached hydrogen (secondary N) is 1. The molecule has 0 spiro atoms. The molecule has 2 aromatic rings. The molecule has 1 aliphatic heterocycles. The summed E-state index contributed by atoms with van der Waals surface area (Å²) in [6.45, 7) is 2.79. The molecule has 1 amide bonds. The molecule has 3 rings (SSSR count). The molecule has 1 aliphatic rings. The predicted molar refractivity (Wildman–Crippen MR) is 104 cm³/mol. The van der Waals surface area contributed by atoms with Crippen molar-refractivity contribution in [1.29, 1.82) is 0 Å². The zero-order chi connectivity index (χ0) is 19.3. The zero-order valence-corrected chi connectivity index (χ0v) is 16.1. The van der Waals surface area contributed by atoms with E-state index in [1.807, 2.05) is 18.2 Å². The highest BCUT2D eigenvalue weighted by molar-refractivity contribution is 7.89. The topological polar surface area (TPSA) is 75.7 Å². The van der Waals surface area contributed by atoms with E-state index in [-0.39, 0.29) is 10.8 Å². The number of benzene rings is 2. The predicted octanol–water partition coefficient (Wildman–Crippen LogP) is 3.27. The van der Waals surface area contributed by atoms with E-state index in [4.69, 9.17) is 4.74 Å². The average Bonchev–Trinajstić information content (AvgIpc) is 2.70. The Bertz CT molecular complexity index is 861. The first-order valence-electron chi connectivity index (χ1n) is 9.09. The van der Waals surface area contributed by atoms with Crippen LogP contribution in [0.4, 0.5) is 5.69 Å². The quantitative estimate of drug-likeness (QED) is 0.824. The number of carbonyl (C=O) groups excluding carboxylic acids is 1. The number of hydrogen-bond acceptors (Lipinski definition) is 4. The van der Waals surface area contributed by atoms with E-state index in [1.165, 1.54) is 16.4 Å². The van der Waals surface area contributed by atoms with Crippen LogP contribution >= 0.6 is 0 Å². The van der Waals surface area contributed by atoms with E-state index in [2.05, 4.69) is 5.32 Å². The Morgan fingerprint density at radius 2 is 1.63 bits per heavy atom. The van der Waals surface area contributed by atoms with Gasteiger partial charge in [0.1, 0.15) is 5.75 Å². The number of nitrogens with zero attached hydrogens (tertiary/aromatic N) is 1. The monoisotopic (exact) mass is 388 g/mol. The summed E-state index contributed by atoms with van der Waals surface area (Å²) in [4.78, 5) is 12.5. The summed E-state index contributed by atoms with van der Waals surface area (Å²) in [7, 11) is -3.47. The van der Waals surface area contributed by atoms with Crippen LogP contribution in [0.1, 0.15) is 26.2 Å². The van der Waals surface area contributed by atoms with E-state index in [0.29, 0.717) is 24.5 Å². The lowest BCUT2D eigenvalue weighted by Crippen LogP contribution is -2.35. The average molecular weight is 388 g/mol. The molecule has 27 heavy (non-hydrogen) atoms. The van der Waals surface area contributed by atoms with Crippen LogP contribution in [-0.2, 0) is 14.8 Å². The third-order valence-corrected chi connectivity index (χ3v) is 6.41. The minimum Gasteiger partial charge on any atom is -0.481 e. The number of piperidine rings is 1. The van der Waals surface area contributed by atoms with Gasteiger partial charge in [-0.05, 0) is 56.2 Å². The highest BCUT2D eigenvalue weighted by atomic mass is 32.2. The highest BCUT2D eigenvalue weighted by Crippen LogP contribution is 2.22. The SMILES string of the molecule is C[C@@H](Oc1ccccc1)C(=O)Nc1ccc(S(=O)(=O)N2CCCCC2)cc1. The second kappa shape index (κ2) is 8.54. The number of para-hydroxylation sites is 1. The molecule has 6 nitrogen and oxygen atoms in total. The number of ether oxygens (including phenoxy) is 1. The number of rotatable bonds is 6. The Kier molecular flexibility index (Phi) is 6.13. The van der Waals surface area contributed by atoms with E-state index < -0.39 is 16.1 Å². The molecule has 0 saturated carbocycles. The first kappa shape index (κ1) is 19.4. The molecule has 0 bridgehead atoms. The zero-order valence-electron chi connectivity index (χ0n) is 15.3. The molecule has 1 N–H and O–H groups in total. The number of sulfonamides is 1. The molecule has 7 heteroatoms. The fourth-order valence-corrected chi connectivity index (χ4v) is 4.48. The molecule has 1 fully saturated rings. The molecule has 0 unspecified atom stereocenters. The van der Waals surface area contributed by atoms with Gasteiger partial charge in [-0.2, -0.15) is 4.31 Å². The van der Waals surface area contributed by atoms with E-state index in [9.17, 15) is 13.2 Å². The molecule has 0 radical (unpaired) electrons. The van der Waals surface area contributed by atoms with Crippen LogP contribution in [-0.4, -0.2) is 37.8 Å². The Balaban J connectivity index is 1.62. The summed E-state index contributed by atoms with van der Waals surface area (Å²) in [6.07, 6.45) is 2.18. The van der Waals surface area contributed by atoms with Gasteiger partial charge in [0.25, 0.3) is 5.91 Å². The van der Waals surface area contributed by atoms with Gasteiger partial charge in [0, 0.05) is 18.8 Å². The largest absolute Gasteiger partial charge is 0.481 e. The van der Waals surface area contributed by atoms with Crippen molar-refractivity contribution in [3.8, 4) is 5.75 Å². The number of carbonyl (C=O) groups is 1.